The molecule has 0 bridgehead atoms. The van der Waals surface area contributed by atoms with E-state index in [0.717, 1.165) is 17.0 Å². The third-order valence-corrected chi connectivity index (χ3v) is 5.10. The molecule has 3 rings (SSSR count). The molecule has 0 aliphatic carbocycles. The Bertz CT molecular complexity index is 1070. The molecule has 31 heavy (non-hydrogen) atoms. The minimum atomic E-state index is -0.257. The van der Waals surface area contributed by atoms with Gasteiger partial charge in [-0.15, -0.1) is 0 Å². The van der Waals surface area contributed by atoms with E-state index in [9.17, 15) is 9.59 Å². The van der Waals surface area contributed by atoms with Crippen molar-refractivity contribution in [1.29, 1.82) is 0 Å². The number of ether oxygens (including phenoxy) is 2. The zero-order valence-corrected chi connectivity index (χ0v) is 18.3. The van der Waals surface area contributed by atoms with Crippen molar-refractivity contribution in [3.8, 4) is 11.5 Å². The number of ketones is 1. The monoisotopic (exact) mass is 421 g/mol. The molecular formula is C24H27N3O4. The summed E-state index contributed by atoms with van der Waals surface area (Å²) in [5, 5.41) is 7.50. The molecule has 0 fully saturated rings. The van der Waals surface area contributed by atoms with Gasteiger partial charge in [0.25, 0.3) is 5.91 Å². The van der Waals surface area contributed by atoms with Crippen LogP contribution in [-0.4, -0.2) is 35.2 Å². The van der Waals surface area contributed by atoms with Gasteiger partial charge in [-0.3, -0.25) is 14.3 Å². The van der Waals surface area contributed by atoms with Crippen LogP contribution in [0.25, 0.3) is 0 Å². The minimum Gasteiger partial charge on any atom is -0.493 e. The van der Waals surface area contributed by atoms with Crippen LogP contribution in [0, 0.1) is 13.8 Å². The molecule has 0 radical (unpaired) electrons. The van der Waals surface area contributed by atoms with Gasteiger partial charge in [-0.25, -0.2) is 0 Å². The number of rotatable bonds is 9. The average molecular weight is 421 g/mol. The smallest absolute Gasteiger partial charge is 0.258 e. The van der Waals surface area contributed by atoms with Crippen LogP contribution >= 0.6 is 0 Å². The van der Waals surface area contributed by atoms with Crippen LogP contribution in [0.5, 0.6) is 11.5 Å². The van der Waals surface area contributed by atoms with E-state index in [1.165, 1.54) is 19.6 Å². The Morgan fingerprint density at radius 2 is 1.81 bits per heavy atom. The fraction of sp³-hybridized carbons (Fsp3) is 0.292. The highest BCUT2D eigenvalue weighted by molar-refractivity contribution is 5.94. The summed E-state index contributed by atoms with van der Waals surface area (Å²) in [6.07, 6.45) is 0. The van der Waals surface area contributed by atoms with E-state index in [0.29, 0.717) is 30.2 Å². The van der Waals surface area contributed by atoms with E-state index in [2.05, 4.69) is 22.5 Å². The third-order valence-electron chi connectivity index (χ3n) is 5.10. The highest BCUT2D eigenvalue weighted by Gasteiger charge is 2.14. The van der Waals surface area contributed by atoms with Gasteiger partial charge in [-0.05, 0) is 44.5 Å². The molecule has 0 aliphatic heterocycles. The molecule has 7 heteroatoms. The van der Waals surface area contributed by atoms with Crippen molar-refractivity contribution in [2.24, 2.45) is 0 Å². The van der Waals surface area contributed by atoms with E-state index in [-0.39, 0.29) is 18.3 Å². The number of carbonyl (C=O) groups is 2. The van der Waals surface area contributed by atoms with E-state index in [4.69, 9.17) is 9.47 Å². The third kappa shape index (κ3) is 5.51. The molecule has 2 aromatic carbocycles. The number of amides is 1. The first-order valence-corrected chi connectivity index (χ1v) is 10.0. The quantitative estimate of drug-likeness (QED) is 0.535. The first-order valence-electron chi connectivity index (χ1n) is 10.0. The van der Waals surface area contributed by atoms with Crippen molar-refractivity contribution < 1.29 is 19.1 Å². The lowest BCUT2D eigenvalue weighted by molar-refractivity contribution is -0.123. The van der Waals surface area contributed by atoms with Gasteiger partial charge in [0.15, 0.2) is 23.9 Å². The molecular weight excluding hydrogens is 394 g/mol. The van der Waals surface area contributed by atoms with Gasteiger partial charge in [0.1, 0.15) is 0 Å². The number of hydrogen-bond donors (Lipinski definition) is 1. The predicted molar refractivity (Wildman–Crippen MR) is 118 cm³/mol. The molecule has 3 aromatic rings. The molecule has 0 atom stereocenters. The second-order valence-electron chi connectivity index (χ2n) is 7.28. The van der Waals surface area contributed by atoms with Crippen LogP contribution in [0.2, 0.25) is 0 Å². The standard InChI is InChI=1S/C24H27N3O4/c1-16-21(17(2)27(26-16)14-19-8-6-5-7-9-19)13-25-24(29)15-31-22-11-10-20(18(3)28)12-23(22)30-4/h5-12H,13-15H2,1-4H3,(H,25,29). The Kier molecular flexibility index (Phi) is 7.07. The molecule has 0 saturated heterocycles. The zero-order chi connectivity index (χ0) is 22.4. The molecule has 0 unspecified atom stereocenters. The van der Waals surface area contributed by atoms with Crippen molar-refractivity contribution in [3.63, 3.8) is 0 Å². The van der Waals surface area contributed by atoms with Crippen molar-refractivity contribution in [2.45, 2.75) is 33.9 Å². The van der Waals surface area contributed by atoms with Gasteiger partial charge in [0, 0.05) is 23.4 Å². The number of aryl methyl sites for hydroxylation is 1. The number of benzene rings is 2. The molecule has 0 saturated carbocycles. The topological polar surface area (TPSA) is 82.4 Å². The van der Waals surface area contributed by atoms with Crippen molar-refractivity contribution >= 4 is 11.7 Å². The molecule has 1 aromatic heterocycles. The van der Waals surface area contributed by atoms with Gasteiger partial charge in [0.05, 0.1) is 19.3 Å². The van der Waals surface area contributed by atoms with Crippen LogP contribution in [0.4, 0.5) is 0 Å². The van der Waals surface area contributed by atoms with Crippen LogP contribution in [0.3, 0.4) is 0 Å². The lowest BCUT2D eigenvalue weighted by Crippen LogP contribution is -2.28. The van der Waals surface area contributed by atoms with Crippen LogP contribution in [-0.2, 0) is 17.9 Å². The molecule has 1 heterocycles. The number of nitrogens with one attached hydrogen (secondary N) is 1. The number of methoxy groups -OCH3 is 1. The molecule has 162 valence electrons. The fourth-order valence-electron chi connectivity index (χ4n) is 3.29. The number of aromatic nitrogens is 2. The average Bonchev–Trinajstić information content (AvgIpc) is 3.03. The number of hydrogen-bond acceptors (Lipinski definition) is 5. The molecule has 0 spiro atoms. The Hall–Kier alpha value is -3.61. The van der Waals surface area contributed by atoms with Gasteiger partial charge >= 0.3 is 0 Å². The van der Waals surface area contributed by atoms with E-state index in [1.54, 1.807) is 18.2 Å². The normalized spacial score (nSPS) is 10.6. The molecule has 1 N–H and O–H groups in total. The van der Waals surface area contributed by atoms with Gasteiger partial charge in [-0.2, -0.15) is 5.10 Å². The first-order chi connectivity index (χ1) is 14.9. The Balaban J connectivity index is 1.58. The summed E-state index contributed by atoms with van der Waals surface area (Å²) in [4.78, 5) is 23.8. The summed E-state index contributed by atoms with van der Waals surface area (Å²) >= 11 is 0. The number of Topliss-reactive ketones (excluding diaryl/α,β-unsaturated/α-hetero) is 1. The van der Waals surface area contributed by atoms with Crippen LogP contribution < -0.4 is 14.8 Å². The Labute approximate surface area is 182 Å². The van der Waals surface area contributed by atoms with Crippen molar-refractivity contribution in [3.05, 3.63) is 76.6 Å². The second-order valence-corrected chi connectivity index (χ2v) is 7.28. The maximum atomic E-state index is 12.3. The highest BCUT2D eigenvalue weighted by Crippen LogP contribution is 2.28. The number of carbonyl (C=O) groups excluding carboxylic acids is 2. The lowest BCUT2D eigenvalue weighted by Gasteiger charge is -2.12. The largest absolute Gasteiger partial charge is 0.493 e. The summed E-state index contributed by atoms with van der Waals surface area (Å²) < 4.78 is 12.8. The first kappa shape index (κ1) is 22.1. The van der Waals surface area contributed by atoms with Crippen LogP contribution in [0.1, 0.15) is 39.8 Å². The number of nitrogens with zero attached hydrogens (tertiary/aromatic N) is 2. The summed E-state index contributed by atoms with van der Waals surface area (Å²) in [6, 6.07) is 15.0. The van der Waals surface area contributed by atoms with Crippen molar-refractivity contribution in [2.75, 3.05) is 13.7 Å². The highest BCUT2D eigenvalue weighted by atomic mass is 16.5. The maximum absolute atomic E-state index is 12.3. The maximum Gasteiger partial charge on any atom is 0.258 e. The van der Waals surface area contributed by atoms with Gasteiger partial charge < -0.3 is 14.8 Å². The zero-order valence-electron chi connectivity index (χ0n) is 18.3. The van der Waals surface area contributed by atoms with E-state index >= 15 is 0 Å². The van der Waals surface area contributed by atoms with Crippen LogP contribution in [0.15, 0.2) is 48.5 Å². The molecule has 1 amide bonds. The molecule has 0 aliphatic rings. The SMILES string of the molecule is COc1cc(C(C)=O)ccc1OCC(=O)NCc1c(C)nn(Cc2ccccc2)c1C. The van der Waals surface area contributed by atoms with Crippen molar-refractivity contribution in [1.82, 2.24) is 15.1 Å². The lowest BCUT2D eigenvalue weighted by atomic mass is 10.1. The van der Waals surface area contributed by atoms with Gasteiger partial charge in [0.2, 0.25) is 0 Å². The molecule has 7 nitrogen and oxygen atoms in total. The predicted octanol–water partition coefficient (Wildman–Crippen LogP) is 3.45. The fourth-order valence-corrected chi connectivity index (χ4v) is 3.29. The summed E-state index contributed by atoms with van der Waals surface area (Å²) in [5.41, 5.74) is 4.59. The van der Waals surface area contributed by atoms with E-state index in [1.807, 2.05) is 36.7 Å². The summed E-state index contributed by atoms with van der Waals surface area (Å²) in [7, 11) is 1.49. The van der Waals surface area contributed by atoms with E-state index < -0.39 is 0 Å². The van der Waals surface area contributed by atoms with Gasteiger partial charge in [-0.1, -0.05) is 30.3 Å². The minimum absolute atomic E-state index is 0.0684. The Morgan fingerprint density at radius 1 is 1.06 bits per heavy atom. The summed E-state index contributed by atoms with van der Waals surface area (Å²) in [6.45, 7) is 6.31. The summed E-state index contributed by atoms with van der Waals surface area (Å²) in [5.74, 6) is 0.494. The Morgan fingerprint density at radius 3 is 2.48 bits per heavy atom. The second kappa shape index (κ2) is 9.93.